The number of pyridine rings is 1. The van der Waals surface area contributed by atoms with Gasteiger partial charge in [-0.05, 0) is 40.8 Å². The number of likely N-dealkylation sites (tertiary alicyclic amines) is 1. The molecule has 1 fully saturated rings. The largest absolute Gasteiger partial charge is 0.506 e. The van der Waals surface area contributed by atoms with Gasteiger partial charge in [0.05, 0.1) is 25.8 Å². The second kappa shape index (κ2) is 10.0. The SMILES string of the molecule is COc1cccc(OC)c1/C(O)=C1\C(=O)C(=O)N(Cc2cccnc2)C1c1ccc(C(C)C)cc1. The van der Waals surface area contributed by atoms with E-state index in [1.165, 1.54) is 19.1 Å². The summed E-state index contributed by atoms with van der Waals surface area (Å²) in [5.41, 5.74) is 2.82. The van der Waals surface area contributed by atoms with Crippen LogP contribution in [-0.2, 0) is 16.1 Å². The summed E-state index contributed by atoms with van der Waals surface area (Å²) in [6.45, 7) is 4.35. The molecule has 1 saturated heterocycles. The van der Waals surface area contributed by atoms with Crippen LogP contribution in [0.3, 0.4) is 0 Å². The monoisotopic (exact) mass is 472 g/mol. The first-order valence-electron chi connectivity index (χ1n) is 11.4. The molecule has 1 aromatic heterocycles. The Hall–Kier alpha value is -4.13. The van der Waals surface area contributed by atoms with E-state index >= 15 is 0 Å². The highest BCUT2D eigenvalue weighted by Gasteiger charge is 2.46. The van der Waals surface area contributed by atoms with Crippen molar-refractivity contribution in [2.24, 2.45) is 0 Å². The van der Waals surface area contributed by atoms with Crippen molar-refractivity contribution in [3.05, 3.63) is 94.8 Å². The predicted octanol–water partition coefficient (Wildman–Crippen LogP) is 4.84. The fraction of sp³-hybridized carbons (Fsp3) is 0.250. The van der Waals surface area contributed by atoms with Crippen LogP contribution in [0.4, 0.5) is 0 Å². The zero-order valence-electron chi connectivity index (χ0n) is 20.2. The summed E-state index contributed by atoms with van der Waals surface area (Å²) in [5, 5.41) is 11.5. The lowest BCUT2D eigenvalue weighted by atomic mass is 9.92. The number of carbonyl (C=O) groups is 2. The van der Waals surface area contributed by atoms with Gasteiger partial charge in [0.15, 0.2) is 0 Å². The number of Topliss-reactive ketones (excluding diaryl/α,β-unsaturated/α-hetero) is 1. The third kappa shape index (κ3) is 4.49. The van der Waals surface area contributed by atoms with Crippen LogP contribution in [0.15, 0.2) is 72.6 Å². The van der Waals surface area contributed by atoms with Crippen LogP contribution >= 0.6 is 0 Å². The van der Waals surface area contributed by atoms with E-state index in [0.29, 0.717) is 23.0 Å². The normalized spacial score (nSPS) is 17.2. The Morgan fingerprint density at radius 2 is 1.66 bits per heavy atom. The van der Waals surface area contributed by atoms with E-state index < -0.39 is 17.7 Å². The highest BCUT2D eigenvalue weighted by molar-refractivity contribution is 6.46. The first-order chi connectivity index (χ1) is 16.9. The number of ether oxygens (including phenoxy) is 2. The highest BCUT2D eigenvalue weighted by atomic mass is 16.5. The molecular weight excluding hydrogens is 444 g/mol. The molecule has 35 heavy (non-hydrogen) atoms. The van der Waals surface area contributed by atoms with E-state index in [2.05, 4.69) is 18.8 Å². The first kappa shape index (κ1) is 24.0. The van der Waals surface area contributed by atoms with Gasteiger partial charge < -0.3 is 19.5 Å². The van der Waals surface area contributed by atoms with E-state index in [0.717, 1.165) is 11.1 Å². The lowest BCUT2D eigenvalue weighted by molar-refractivity contribution is -0.140. The number of hydrogen-bond donors (Lipinski definition) is 1. The topological polar surface area (TPSA) is 89.0 Å². The third-order valence-corrected chi connectivity index (χ3v) is 6.20. The van der Waals surface area contributed by atoms with E-state index in [9.17, 15) is 14.7 Å². The number of aliphatic hydroxyl groups is 1. The van der Waals surface area contributed by atoms with Gasteiger partial charge in [0.25, 0.3) is 11.7 Å². The molecule has 1 aliphatic heterocycles. The summed E-state index contributed by atoms with van der Waals surface area (Å²) in [7, 11) is 2.93. The molecule has 0 aliphatic carbocycles. The van der Waals surface area contributed by atoms with E-state index in [4.69, 9.17) is 9.47 Å². The van der Waals surface area contributed by atoms with E-state index in [-0.39, 0.29) is 23.4 Å². The molecular formula is C28H28N2O5. The van der Waals surface area contributed by atoms with E-state index in [1.807, 2.05) is 30.3 Å². The number of ketones is 1. The fourth-order valence-corrected chi connectivity index (χ4v) is 4.36. The van der Waals surface area contributed by atoms with Crippen molar-refractivity contribution in [1.29, 1.82) is 0 Å². The molecule has 4 rings (SSSR count). The lowest BCUT2D eigenvalue weighted by Gasteiger charge is -2.26. The Bertz CT molecular complexity index is 1240. The number of carbonyl (C=O) groups excluding carboxylic acids is 2. The summed E-state index contributed by atoms with van der Waals surface area (Å²) in [5.74, 6) is -0.823. The number of hydrogen-bond acceptors (Lipinski definition) is 6. The smallest absolute Gasteiger partial charge is 0.295 e. The Morgan fingerprint density at radius 1 is 1.00 bits per heavy atom. The summed E-state index contributed by atoms with van der Waals surface area (Å²) in [6.07, 6.45) is 3.30. The molecule has 1 unspecified atom stereocenters. The zero-order valence-corrected chi connectivity index (χ0v) is 20.2. The van der Waals surface area contributed by atoms with Crippen LogP contribution in [0.2, 0.25) is 0 Å². The van der Waals surface area contributed by atoms with Gasteiger partial charge in [0.1, 0.15) is 22.8 Å². The van der Waals surface area contributed by atoms with Crippen molar-refractivity contribution in [1.82, 2.24) is 9.88 Å². The minimum Gasteiger partial charge on any atom is -0.506 e. The molecule has 3 aromatic rings. The van der Waals surface area contributed by atoms with Gasteiger partial charge >= 0.3 is 0 Å². The predicted molar refractivity (Wildman–Crippen MR) is 132 cm³/mol. The van der Waals surface area contributed by atoms with Crippen LogP contribution < -0.4 is 9.47 Å². The molecule has 1 amide bonds. The van der Waals surface area contributed by atoms with Gasteiger partial charge in [0.2, 0.25) is 0 Å². The minimum absolute atomic E-state index is 0.0148. The number of methoxy groups -OCH3 is 2. The average Bonchev–Trinajstić information content (AvgIpc) is 3.13. The Morgan fingerprint density at radius 3 is 2.20 bits per heavy atom. The van der Waals surface area contributed by atoms with Crippen molar-refractivity contribution in [3.63, 3.8) is 0 Å². The molecule has 2 aromatic carbocycles. The molecule has 1 N–H and O–H groups in total. The van der Waals surface area contributed by atoms with Crippen molar-refractivity contribution >= 4 is 17.4 Å². The maximum Gasteiger partial charge on any atom is 0.295 e. The van der Waals surface area contributed by atoms with Crippen LogP contribution in [0, 0.1) is 0 Å². The minimum atomic E-state index is -0.800. The van der Waals surface area contributed by atoms with Gasteiger partial charge in [-0.2, -0.15) is 0 Å². The second-order valence-electron chi connectivity index (χ2n) is 8.65. The van der Waals surface area contributed by atoms with Crippen molar-refractivity contribution < 1.29 is 24.2 Å². The molecule has 7 heteroatoms. The third-order valence-electron chi connectivity index (χ3n) is 6.20. The van der Waals surface area contributed by atoms with Gasteiger partial charge in [-0.15, -0.1) is 0 Å². The van der Waals surface area contributed by atoms with Crippen molar-refractivity contribution in [2.45, 2.75) is 32.4 Å². The maximum absolute atomic E-state index is 13.4. The van der Waals surface area contributed by atoms with Gasteiger partial charge in [-0.3, -0.25) is 14.6 Å². The molecule has 180 valence electrons. The lowest BCUT2D eigenvalue weighted by Crippen LogP contribution is -2.29. The quantitative estimate of drug-likeness (QED) is 0.301. The standard InChI is InChI=1S/C28H28N2O5/c1-17(2)19-10-12-20(13-11-19)25-24(26(31)23-21(34-3)8-5-9-22(23)35-4)27(32)28(33)30(25)16-18-7-6-14-29-15-18/h5-15,17,25,31H,16H2,1-4H3/b26-24+. The number of aromatic nitrogens is 1. The Kier molecular flexibility index (Phi) is 6.87. The fourth-order valence-electron chi connectivity index (χ4n) is 4.36. The average molecular weight is 473 g/mol. The highest BCUT2D eigenvalue weighted by Crippen LogP contribution is 2.44. The number of nitrogens with zero attached hydrogens (tertiary/aromatic N) is 2. The van der Waals surface area contributed by atoms with Crippen LogP contribution in [-0.4, -0.2) is 40.9 Å². The summed E-state index contributed by atoms with van der Waals surface area (Å²) < 4.78 is 10.9. The molecule has 2 heterocycles. The van der Waals surface area contributed by atoms with Crippen LogP contribution in [0.1, 0.15) is 48.1 Å². The Balaban J connectivity index is 1.92. The Labute approximate surface area is 204 Å². The number of amides is 1. The summed E-state index contributed by atoms with van der Waals surface area (Å²) in [4.78, 5) is 32.2. The molecule has 0 radical (unpaired) electrons. The van der Waals surface area contributed by atoms with Gasteiger partial charge in [-0.1, -0.05) is 50.2 Å². The maximum atomic E-state index is 13.4. The first-order valence-corrected chi connectivity index (χ1v) is 11.4. The molecule has 0 spiro atoms. The van der Waals surface area contributed by atoms with Crippen molar-refractivity contribution in [2.75, 3.05) is 14.2 Å². The number of rotatable bonds is 7. The molecule has 7 nitrogen and oxygen atoms in total. The molecule has 0 saturated carbocycles. The summed E-state index contributed by atoms with van der Waals surface area (Å²) >= 11 is 0. The second-order valence-corrected chi connectivity index (χ2v) is 8.65. The van der Waals surface area contributed by atoms with Gasteiger partial charge in [0, 0.05) is 18.9 Å². The van der Waals surface area contributed by atoms with Gasteiger partial charge in [-0.25, -0.2) is 0 Å². The van der Waals surface area contributed by atoms with Crippen LogP contribution in [0.5, 0.6) is 11.5 Å². The zero-order chi connectivity index (χ0) is 25.1. The van der Waals surface area contributed by atoms with Crippen LogP contribution in [0.25, 0.3) is 5.76 Å². The summed E-state index contributed by atoms with van der Waals surface area (Å²) in [6, 6.07) is 15.6. The number of benzene rings is 2. The molecule has 1 aliphatic rings. The number of aliphatic hydroxyl groups excluding tert-OH is 1. The van der Waals surface area contributed by atoms with Crippen molar-refractivity contribution in [3.8, 4) is 11.5 Å². The molecule has 0 bridgehead atoms. The van der Waals surface area contributed by atoms with E-state index in [1.54, 1.807) is 36.7 Å². The molecule has 1 atom stereocenters.